The highest BCUT2D eigenvalue weighted by Crippen LogP contribution is 2.52. The van der Waals surface area contributed by atoms with Gasteiger partial charge >= 0.3 is 11.9 Å². The summed E-state index contributed by atoms with van der Waals surface area (Å²) < 4.78 is 0. The highest BCUT2D eigenvalue weighted by Gasteiger charge is 2.59. The third-order valence-corrected chi connectivity index (χ3v) is 4.52. The molecule has 0 spiro atoms. The van der Waals surface area contributed by atoms with E-state index in [1.807, 2.05) is 12.2 Å². The Morgan fingerprint density at radius 1 is 1.10 bits per heavy atom. The summed E-state index contributed by atoms with van der Waals surface area (Å²) >= 11 is 0. The number of amides is 2. The van der Waals surface area contributed by atoms with E-state index in [4.69, 9.17) is 10.2 Å². The Morgan fingerprint density at radius 3 is 1.95 bits per heavy atom. The van der Waals surface area contributed by atoms with Gasteiger partial charge in [0.15, 0.2) is 5.92 Å². The number of carbonyl (C=O) groups excluding carboxylic acids is 2. The van der Waals surface area contributed by atoms with E-state index in [9.17, 15) is 19.2 Å². The van der Waals surface area contributed by atoms with Crippen molar-refractivity contribution in [3.63, 3.8) is 0 Å². The number of carboxylic acids is 2. The molecule has 0 aromatic heterocycles. The van der Waals surface area contributed by atoms with Crippen molar-refractivity contribution in [1.82, 2.24) is 4.90 Å². The van der Waals surface area contributed by atoms with E-state index in [1.54, 1.807) is 0 Å². The standard InChI is InChI=1S/C13H13NO6/c15-10-8-5-1-2-6(3-5)9(8)11(16)14(10)4-7(12(17)18)13(19)20/h1-2,5-9H,3-4H2,(H,17,18)(H,19,20). The quantitative estimate of drug-likeness (QED) is 0.410. The lowest BCUT2D eigenvalue weighted by Crippen LogP contribution is -2.42. The number of allylic oxidation sites excluding steroid dienone is 2. The molecule has 0 aromatic carbocycles. The predicted octanol–water partition coefficient (Wildman–Crippen LogP) is -0.421. The summed E-state index contributed by atoms with van der Waals surface area (Å²) in [7, 11) is 0. The molecule has 4 atom stereocenters. The molecule has 1 aliphatic heterocycles. The molecule has 3 rings (SSSR count). The number of aliphatic carboxylic acids is 2. The van der Waals surface area contributed by atoms with Crippen LogP contribution in [0.15, 0.2) is 12.2 Å². The molecule has 0 radical (unpaired) electrons. The molecule has 4 unspecified atom stereocenters. The van der Waals surface area contributed by atoms with Crippen molar-refractivity contribution >= 4 is 23.8 Å². The van der Waals surface area contributed by atoms with Crippen LogP contribution in [0.25, 0.3) is 0 Å². The van der Waals surface area contributed by atoms with E-state index in [0.29, 0.717) is 0 Å². The van der Waals surface area contributed by atoms with Crippen LogP contribution in [0.3, 0.4) is 0 Å². The van der Waals surface area contributed by atoms with Gasteiger partial charge in [-0.2, -0.15) is 0 Å². The minimum Gasteiger partial charge on any atom is -0.481 e. The van der Waals surface area contributed by atoms with Crippen LogP contribution >= 0.6 is 0 Å². The van der Waals surface area contributed by atoms with Gasteiger partial charge in [-0.1, -0.05) is 12.2 Å². The lowest BCUT2D eigenvalue weighted by molar-refractivity contribution is -0.156. The van der Waals surface area contributed by atoms with Crippen molar-refractivity contribution < 1.29 is 29.4 Å². The van der Waals surface area contributed by atoms with Gasteiger partial charge in [-0.15, -0.1) is 0 Å². The second kappa shape index (κ2) is 4.16. The first kappa shape index (κ1) is 12.8. The van der Waals surface area contributed by atoms with E-state index in [1.165, 1.54) is 0 Å². The molecule has 0 aromatic rings. The summed E-state index contributed by atoms with van der Waals surface area (Å²) in [6.45, 7) is -0.589. The fourth-order valence-electron chi connectivity index (χ4n) is 3.59. The normalized spacial score (nSPS) is 34.1. The van der Waals surface area contributed by atoms with E-state index >= 15 is 0 Å². The average Bonchev–Trinajstić information content (AvgIpc) is 3.02. The maximum absolute atomic E-state index is 12.3. The molecule has 20 heavy (non-hydrogen) atoms. The molecular formula is C13H13NO6. The number of carboxylic acid groups (broad SMARTS) is 2. The lowest BCUT2D eigenvalue weighted by atomic mass is 9.85. The Hall–Kier alpha value is -2.18. The number of carbonyl (C=O) groups is 4. The van der Waals surface area contributed by atoms with Crippen molar-refractivity contribution in [2.45, 2.75) is 6.42 Å². The van der Waals surface area contributed by atoms with E-state index in [0.717, 1.165) is 11.3 Å². The Bertz CT molecular complexity index is 509. The second-order valence-electron chi connectivity index (χ2n) is 5.52. The maximum atomic E-state index is 12.3. The molecule has 2 fully saturated rings. The van der Waals surface area contributed by atoms with Crippen molar-refractivity contribution in [3.05, 3.63) is 12.2 Å². The van der Waals surface area contributed by atoms with Crippen LogP contribution in [-0.2, 0) is 19.2 Å². The maximum Gasteiger partial charge on any atom is 0.319 e. The molecule has 7 nitrogen and oxygen atoms in total. The first-order chi connectivity index (χ1) is 9.41. The number of likely N-dealkylation sites (tertiary alicyclic amines) is 1. The number of imide groups is 1. The van der Waals surface area contributed by atoms with Gasteiger partial charge < -0.3 is 10.2 Å². The summed E-state index contributed by atoms with van der Waals surface area (Å²) in [5.74, 6) is -6.52. The Labute approximate surface area is 113 Å². The van der Waals surface area contributed by atoms with Crippen molar-refractivity contribution in [2.24, 2.45) is 29.6 Å². The number of nitrogens with zero attached hydrogens (tertiary/aromatic N) is 1. The molecule has 2 bridgehead atoms. The van der Waals surface area contributed by atoms with Crippen LogP contribution in [-0.4, -0.2) is 45.4 Å². The van der Waals surface area contributed by atoms with Gasteiger partial charge in [-0.25, -0.2) is 0 Å². The van der Waals surface area contributed by atoms with Crippen LogP contribution < -0.4 is 0 Å². The topological polar surface area (TPSA) is 112 Å². The Balaban J connectivity index is 1.83. The van der Waals surface area contributed by atoms with Crippen molar-refractivity contribution in [3.8, 4) is 0 Å². The highest BCUT2D eigenvalue weighted by molar-refractivity contribution is 6.07. The number of hydrogen-bond donors (Lipinski definition) is 2. The number of fused-ring (bicyclic) bond motifs is 5. The largest absolute Gasteiger partial charge is 0.481 e. The summed E-state index contributed by atoms with van der Waals surface area (Å²) in [4.78, 5) is 47.1. The monoisotopic (exact) mass is 279 g/mol. The zero-order valence-electron chi connectivity index (χ0n) is 10.4. The fraction of sp³-hybridized carbons (Fsp3) is 0.538. The fourth-order valence-corrected chi connectivity index (χ4v) is 3.59. The first-order valence-corrected chi connectivity index (χ1v) is 6.41. The van der Waals surface area contributed by atoms with E-state index < -0.39 is 48.1 Å². The van der Waals surface area contributed by atoms with Gasteiger partial charge in [0, 0.05) is 0 Å². The summed E-state index contributed by atoms with van der Waals surface area (Å²) in [5, 5.41) is 17.7. The van der Waals surface area contributed by atoms with Gasteiger partial charge in [0.1, 0.15) is 0 Å². The Morgan fingerprint density at radius 2 is 1.55 bits per heavy atom. The van der Waals surface area contributed by atoms with Gasteiger partial charge in [0.05, 0.1) is 18.4 Å². The third kappa shape index (κ3) is 1.59. The number of hydrogen-bond acceptors (Lipinski definition) is 4. The second-order valence-corrected chi connectivity index (χ2v) is 5.52. The highest BCUT2D eigenvalue weighted by atomic mass is 16.4. The van der Waals surface area contributed by atoms with Crippen LogP contribution in [0, 0.1) is 29.6 Å². The average molecular weight is 279 g/mol. The molecule has 3 aliphatic rings. The molecule has 106 valence electrons. The molecular weight excluding hydrogens is 266 g/mol. The van der Waals surface area contributed by atoms with Crippen LogP contribution in [0.1, 0.15) is 6.42 Å². The molecule has 1 heterocycles. The van der Waals surface area contributed by atoms with Crippen LogP contribution in [0.5, 0.6) is 0 Å². The van der Waals surface area contributed by atoms with Gasteiger partial charge in [-0.05, 0) is 18.3 Å². The molecule has 1 saturated carbocycles. The van der Waals surface area contributed by atoms with Gasteiger partial charge in [0.25, 0.3) is 0 Å². The lowest BCUT2D eigenvalue weighted by Gasteiger charge is -2.19. The predicted molar refractivity (Wildman–Crippen MR) is 63.2 cm³/mol. The SMILES string of the molecule is O=C(O)C(CN1C(=O)C2C3C=CC(C3)C2C1=O)C(=O)O. The van der Waals surface area contributed by atoms with Crippen LogP contribution in [0.2, 0.25) is 0 Å². The zero-order chi connectivity index (χ0) is 14.6. The number of rotatable bonds is 4. The summed E-state index contributed by atoms with van der Waals surface area (Å²) in [6, 6.07) is 0. The molecule has 1 saturated heterocycles. The first-order valence-electron chi connectivity index (χ1n) is 6.41. The summed E-state index contributed by atoms with van der Waals surface area (Å²) in [6.07, 6.45) is 4.63. The smallest absolute Gasteiger partial charge is 0.319 e. The third-order valence-electron chi connectivity index (χ3n) is 4.52. The molecule has 2 aliphatic carbocycles. The van der Waals surface area contributed by atoms with Crippen molar-refractivity contribution in [2.75, 3.05) is 6.54 Å². The Kier molecular flexibility index (Phi) is 2.67. The van der Waals surface area contributed by atoms with E-state index in [2.05, 4.69) is 0 Å². The minimum atomic E-state index is -1.77. The van der Waals surface area contributed by atoms with E-state index in [-0.39, 0.29) is 11.8 Å². The van der Waals surface area contributed by atoms with Crippen LogP contribution in [0.4, 0.5) is 0 Å². The molecule has 2 N–H and O–H groups in total. The molecule has 2 amide bonds. The van der Waals surface area contributed by atoms with Gasteiger partial charge in [-0.3, -0.25) is 24.1 Å². The van der Waals surface area contributed by atoms with Crippen molar-refractivity contribution in [1.29, 1.82) is 0 Å². The minimum absolute atomic E-state index is 0.0274. The zero-order valence-corrected chi connectivity index (χ0v) is 10.4. The molecule has 7 heteroatoms. The van der Waals surface area contributed by atoms with Gasteiger partial charge in [0.2, 0.25) is 11.8 Å². The summed E-state index contributed by atoms with van der Waals surface area (Å²) in [5.41, 5.74) is 0.